The Hall–Kier alpha value is -2.28. The molecule has 0 unspecified atom stereocenters. The Bertz CT molecular complexity index is 599. The Morgan fingerprint density at radius 2 is 2.35 bits per heavy atom. The van der Waals surface area contributed by atoms with Crippen LogP contribution in [0.2, 0.25) is 0 Å². The van der Waals surface area contributed by atoms with Crippen LogP contribution in [-0.4, -0.2) is 55.7 Å². The first-order valence-corrected chi connectivity index (χ1v) is 6.55. The molecule has 7 heteroatoms. The number of carbonyl (C=O) groups excluding carboxylic acids is 1. The second-order valence-corrected chi connectivity index (χ2v) is 4.86. The van der Waals surface area contributed by atoms with E-state index in [1.165, 1.54) is 0 Å². The molecule has 1 atom stereocenters. The van der Waals surface area contributed by atoms with Crippen LogP contribution in [0.4, 0.5) is 0 Å². The first-order valence-electron chi connectivity index (χ1n) is 6.55. The molecule has 2 heterocycles. The molecule has 0 saturated carbocycles. The molecule has 1 aromatic heterocycles. The topological polar surface area (TPSA) is 95.0 Å². The van der Waals surface area contributed by atoms with Crippen LogP contribution in [0.25, 0.3) is 11.4 Å². The zero-order valence-electron chi connectivity index (χ0n) is 10.9. The minimum absolute atomic E-state index is 0.0749. The molecule has 0 spiro atoms. The summed E-state index contributed by atoms with van der Waals surface area (Å²) in [6, 6.07) is 7.12. The van der Waals surface area contributed by atoms with Gasteiger partial charge in [-0.05, 0) is 30.2 Å². The molecule has 2 aromatic rings. The Morgan fingerprint density at radius 1 is 1.45 bits per heavy atom. The minimum atomic E-state index is -0.423. The molecule has 1 amide bonds. The molecule has 2 N–H and O–H groups in total. The van der Waals surface area contributed by atoms with E-state index in [0.29, 0.717) is 24.5 Å². The predicted octanol–water partition coefficient (Wildman–Crippen LogP) is 0.464. The lowest BCUT2D eigenvalue weighted by molar-refractivity contribution is 0.0474. The molecule has 1 aliphatic heterocycles. The summed E-state index contributed by atoms with van der Waals surface area (Å²) in [7, 11) is 0. The minimum Gasteiger partial charge on any atom is -0.391 e. The summed E-state index contributed by atoms with van der Waals surface area (Å²) in [6.45, 7) is 1.08. The number of aliphatic hydroxyl groups is 1. The molecule has 104 valence electrons. The van der Waals surface area contributed by atoms with Gasteiger partial charge in [-0.3, -0.25) is 4.79 Å². The van der Waals surface area contributed by atoms with E-state index in [4.69, 9.17) is 0 Å². The van der Waals surface area contributed by atoms with Crippen molar-refractivity contribution in [2.45, 2.75) is 18.9 Å². The number of aromatic amines is 1. The summed E-state index contributed by atoms with van der Waals surface area (Å²) < 4.78 is 0. The van der Waals surface area contributed by atoms with Gasteiger partial charge >= 0.3 is 0 Å². The van der Waals surface area contributed by atoms with E-state index in [0.717, 1.165) is 18.4 Å². The van der Waals surface area contributed by atoms with E-state index < -0.39 is 6.10 Å². The summed E-state index contributed by atoms with van der Waals surface area (Å²) in [5, 5.41) is 23.3. The number of piperidine rings is 1. The largest absolute Gasteiger partial charge is 0.391 e. The van der Waals surface area contributed by atoms with E-state index >= 15 is 0 Å². The molecule has 1 aliphatic rings. The number of nitrogens with one attached hydrogen (secondary N) is 1. The number of aromatic nitrogens is 4. The van der Waals surface area contributed by atoms with Crippen molar-refractivity contribution in [2.75, 3.05) is 13.1 Å². The smallest absolute Gasteiger partial charge is 0.253 e. The lowest BCUT2D eigenvalue weighted by atomic mass is 10.1. The normalized spacial score (nSPS) is 19.1. The fraction of sp³-hybridized carbons (Fsp3) is 0.385. The van der Waals surface area contributed by atoms with Gasteiger partial charge in [0.1, 0.15) is 0 Å². The quantitative estimate of drug-likeness (QED) is 0.829. The van der Waals surface area contributed by atoms with Gasteiger partial charge in [0.25, 0.3) is 5.91 Å². The SMILES string of the molecule is O=C(c1cccc(-c2nn[nH]n2)c1)N1CCC[C@H](O)C1. The molecule has 3 rings (SSSR count). The average molecular weight is 273 g/mol. The van der Waals surface area contributed by atoms with Crippen LogP contribution >= 0.6 is 0 Å². The van der Waals surface area contributed by atoms with E-state index in [9.17, 15) is 9.90 Å². The highest BCUT2D eigenvalue weighted by molar-refractivity contribution is 5.95. The number of H-pyrrole nitrogens is 1. The number of hydrogen-bond donors (Lipinski definition) is 2. The van der Waals surface area contributed by atoms with Crippen LogP contribution in [0.5, 0.6) is 0 Å². The summed E-state index contributed by atoms with van der Waals surface area (Å²) in [6.07, 6.45) is 1.16. The number of benzene rings is 1. The van der Waals surface area contributed by atoms with Gasteiger partial charge in [-0.2, -0.15) is 5.21 Å². The van der Waals surface area contributed by atoms with Crippen molar-refractivity contribution in [3.63, 3.8) is 0 Å². The van der Waals surface area contributed by atoms with Crippen molar-refractivity contribution in [3.05, 3.63) is 29.8 Å². The van der Waals surface area contributed by atoms with Crippen LogP contribution in [0.1, 0.15) is 23.2 Å². The highest BCUT2D eigenvalue weighted by Gasteiger charge is 2.23. The molecule has 0 radical (unpaired) electrons. The third-order valence-corrected chi connectivity index (χ3v) is 3.40. The highest BCUT2D eigenvalue weighted by Crippen LogP contribution is 2.18. The van der Waals surface area contributed by atoms with Crippen molar-refractivity contribution in [1.82, 2.24) is 25.5 Å². The van der Waals surface area contributed by atoms with Gasteiger partial charge in [0.2, 0.25) is 5.82 Å². The predicted molar refractivity (Wildman–Crippen MR) is 70.8 cm³/mol. The molecule has 0 aliphatic carbocycles. The van der Waals surface area contributed by atoms with Crippen molar-refractivity contribution < 1.29 is 9.90 Å². The maximum atomic E-state index is 12.4. The van der Waals surface area contributed by atoms with E-state index in [1.807, 2.05) is 6.07 Å². The zero-order valence-corrected chi connectivity index (χ0v) is 10.9. The number of tetrazole rings is 1. The molecule has 7 nitrogen and oxygen atoms in total. The number of hydrogen-bond acceptors (Lipinski definition) is 5. The Labute approximate surface area is 115 Å². The maximum Gasteiger partial charge on any atom is 0.253 e. The summed E-state index contributed by atoms with van der Waals surface area (Å²) in [4.78, 5) is 14.1. The van der Waals surface area contributed by atoms with Crippen molar-refractivity contribution >= 4 is 5.91 Å². The molecular weight excluding hydrogens is 258 g/mol. The number of nitrogens with zero attached hydrogens (tertiary/aromatic N) is 4. The van der Waals surface area contributed by atoms with E-state index in [2.05, 4.69) is 20.6 Å². The number of carbonyl (C=O) groups is 1. The third-order valence-electron chi connectivity index (χ3n) is 3.40. The molecular formula is C13H15N5O2. The summed E-state index contributed by atoms with van der Waals surface area (Å²) >= 11 is 0. The molecule has 1 saturated heterocycles. The van der Waals surface area contributed by atoms with Gasteiger partial charge in [-0.15, -0.1) is 10.2 Å². The maximum absolute atomic E-state index is 12.4. The summed E-state index contributed by atoms with van der Waals surface area (Å²) in [5.41, 5.74) is 1.31. The number of amides is 1. The van der Waals surface area contributed by atoms with Crippen LogP contribution in [0.3, 0.4) is 0 Å². The Kier molecular flexibility index (Phi) is 3.42. The zero-order chi connectivity index (χ0) is 13.9. The van der Waals surface area contributed by atoms with Gasteiger partial charge in [-0.1, -0.05) is 12.1 Å². The molecule has 1 fully saturated rings. The monoisotopic (exact) mass is 273 g/mol. The fourth-order valence-electron chi connectivity index (χ4n) is 2.40. The second-order valence-electron chi connectivity index (χ2n) is 4.86. The van der Waals surface area contributed by atoms with Crippen LogP contribution < -0.4 is 0 Å². The Morgan fingerprint density at radius 3 is 3.10 bits per heavy atom. The van der Waals surface area contributed by atoms with E-state index in [1.54, 1.807) is 23.1 Å². The average Bonchev–Trinajstić information content (AvgIpc) is 3.01. The fourth-order valence-corrected chi connectivity index (χ4v) is 2.40. The van der Waals surface area contributed by atoms with Gasteiger partial charge in [0.15, 0.2) is 0 Å². The first-order chi connectivity index (χ1) is 9.74. The van der Waals surface area contributed by atoms with Crippen LogP contribution in [0, 0.1) is 0 Å². The van der Waals surface area contributed by atoms with Gasteiger partial charge in [0, 0.05) is 24.2 Å². The molecule has 0 bridgehead atoms. The van der Waals surface area contributed by atoms with Gasteiger partial charge in [0.05, 0.1) is 6.10 Å². The number of rotatable bonds is 2. The number of likely N-dealkylation sites (tertiary alicyclic amines) is 1. The summed E-state index contributed by atoms with van der Waals surface area (Å²) in [5.74, 6) is 0.382. The standard InChI is InChI=1S/C13H15N5O2/c19-11-5-2-6-18(8-11)13(20)10-4-1-3-9(7-10)12-14-16-17-15-12/h1,3-4,7,11,19H,2,5-6,8H2,(H,14,15,16,17)/t11-/m0/s1. The third kappa shape index (κ3) is 2.53. The van der Waals surface area contributed by atoms with E-state index in [-0.39, 0.29) is 5.91 Å². The molecule has 20 heavy (non-hydrogen) atoms. The van der Waals surface area contributed by atoms with Gasteiger partial charge < -0.3 is 10.0 Å². The second kappa shape index (κ2) is 5.38. The number of β-amino-alcohol motifs (C(OH)–C–C–N with tert-alkyl or cyclic N) is 1. The number of aliphatic hydroxyl groups excluding tert-OH is 1. The first kappa shape index (κ1) is 12.7. The van der Waals surface area contributed by atoms with Crippen molar-refractivity contribution in [3.8, 4) is 11.4 Å². The van der Waals surface area contributed by atoms with Crippen molar-refractivity contribution in [1.29, 1.82) is 0 Å². The highest BCUT2D eigenvalue weighted by atomic mass is 16.3. The van der Waals surface area contributed by atoms with Crippen LogP contribution in [0.15, 0.2) is 24.3 Å². The molecule has 1 aromatic carbocycles. The van der Waals surface area contributed by atoms with Gasteiger partial charge in [-0.25, -0.2) is 0 Å². The van der Waals surface area contributed by atoms with Crippen molar-refractivity contribution in [2.24, 2.45) is 0 Å². The lowest BCUT2D eigenvalue weighted by Gasteiger charge is -2.30. The van der Waals surface area contributed by atoms with Crippen LogP contribution in [-0.2, 0) is 0 Å². The Balaban J connectivity index is 1.83. The lowest BCUT2D eigenvalue weighted by Crippen LogP contribution is -2.42.